The van der Waals surface area contributed by atoms with Crippen molar-refractivity contribution < 1.29 is 4.79 Å². The number of pyridine rings is 1. The van der Waals surface area contributed by atoms with E-state index in [1.807, 2.05) is 25.1 Å². The van der Waals surface area contributed by atoms with Crippen molar-refractivity contribution in [2.75, 3.05) is 13.1 Å². The van der Waals surface area contributed by atoms with Crippen LogP contribution in [0.2, 0.25) is 0 Å². The molecule has 1 N–H and O–H groups in total. The molecule has 0 saturated carbocycles. The van der Waals surface area contributed by atoms with E-state index in [1.54, 1.807) is 6.20 Å². The number of nitrogens with one attached hydrogen (secondary N) is 1. The summed E-state index contributed by atoms with van der Waals surface area (Å²) in [4.78, 5) is 15.3. The van der Waals surface area contributed by atoms with Gasteiger partial charge in [-0.2, -0.15) is 0 Å². The zero-order valence-corrected chi connectivity index (χ0v) is 7.79. The highest BCUT2D eigenvalue weighted by molar-refractivity contribution is 5.82. The van der Waals surface area contributed by atoms with Gasteiger partial charge in [0.05, 0.1) is 13.0 Å². The van der Waals surface area contributed by atoms with E-state index in [9.17, 15) is 4.79 Å². The van der Waals surface area contributed by atoms with Crippen molar-refractivity contribution in [1.82, 2.24) is 10.3 Å². The van der Waals surface area contributed by atoms with Crippen molar-refractivity contribution >= 4 is 5.78 Å². The molecule has 3 nitrogen and oxygen atoms in total. The summed E-state index contributed by atoms with van der Waals surface area (Å²) >= 11 is 0. The van der Waals surface area contributed by atoms with Crippen molar-refractivity contribution in [3.63, 3.8) is 0 Å². The Morgan fingerprint density at radius 2 is 2.38 bits per heavy atom. The topological polar surface area (TPSA) is 42.0 Å². The average molecular weight is 178 g/mol. The van der Waals surface area contributed by atoms with E-state index >= 15 is 0 Å². The Morgan fingerprint density at radius 1 is 1.54 bits per heavy atom. The Labute approximate surface area is 78.2 Å². The first-order chi connectivity index (χ1) is 6.33. The van der Waals surface area contributed by atoms with Crippen molar-refractivity contribution in [2.24, 2.45) is 0 Å². The lowest BCUT2D eigenvalue weighted by molar-refractivity contribution is -0.117. The number of aromatic nitrogens is 1. The molecule has 1 aromatic rings. The zero-order valence-electron chi connectivity index (χ0n) is 7.79. The molecule has 0 spiro atoms. The number of ketones is 1. The number of likely N-dealkylation sites (N-methyl/N-ethyl adjacent to an activating group) is 1. The maximum atomic E-state index is 11.3. The van der Waals surface area contributed by atoms with Crippen LogP contribution >= 0.6 is 0 Å². The van der Waals surface area contributed by atoms with E-state index in [1.165, 1.54) is 0 Å². The van der Waals surface area contributed by atoms with Gasteiger partial charge in [0.15, 0.2) is 5.78 Å². The average Bonchev–Trinajstić information content (AvgIpc) is 2.16. The fourth-order valence-electron chi connectivity index (χ4n) is 1.03. The molecule has 0 radical (unpaired) electrons. The van der Waals surface area contributed by atoms with Crippen LogP contribution in [0.5, 0.6) is 0 Å². The van der Waals surface area contributed by atoms with Gasteiger partial charge in [-0.3, -0.25) is 9.78 Å². The molecule has 70 valence electrons. The molecule has 1 heterocycles. The summed E-state index contributed by atoms with van der Waals surface area (Å²) in [6, 6.07) is 5.60. The van der Waals surface area contributed by atoms with Gasteiger partial charge in [0.1, 0.15) is 0 Å². The Morgan fingerprint density at radius 3 is 3.00 bits per heavy atom. The second-order valence-electron chi connectivity index (χ2n) is 2.82. The molecule has 13 heavy (non-hydrogen) atoms. The molecule has 0 aliphatic heterocycles. The van der Waals surface area contributed by atoms with E-state index < -0.39 is 0 Å². The Kier molecular flexibility index (Phi) is 4.12. The molecule has 0 unspecified atom stereocenters. The Hall–Kier alpha value is -1.22. The summed E-state index contributed by atoms with van der Waals surface area (Å²) < 4.78 is 0. The molecule has 0 saturated heterocycles. The van der Waals surface area contributed by atoms with Gasteiger partial charge < -0.3 is 5.32 Å². The largest absolute Gasteiger partial charge is 0.310 e. The third kappa shape index (κ3) is 3.80. The van der Waals surface area contributed by atoms with Gasteiger partial charge in [0.2, 0.25) is 0 Å². The zero-order chi connectivity index (χ0) is 9.52. The highest BCUT2D eigenvalue weighted by atomic mass is 16.1. The molecule has 0 atom stereocenters. The predicted molar refractivity (Wildman–Crippen MR) is 51.5 cm³/mol. The molecule has 0 aromatic carbocycles. The molecule has 0 amide bonds. The molecule has 1 aromatic heterocycles. The van der Waals surface area contributed by atoms with Crippen molar-refractivity contribution in [3.05, 3.63) is 30.1 Å². The van der Waals surface area contributed by atoms with E-state index in [0.29, 0.717) is 13.0 Å². The molecule has 3 heteroatoms. The van der Waals surface area contributed by atoms with Crippen LogP contribution in [0.3, 0.4) is 0 Å². The van der Waals surface area contributed by atoms with E-state index in [2.05, 4.69) is 10.3 Å². The van der Waals surface area contributed by atoms with Gasteiger partial charge in [-0.15, -0.1) is 0 Å². The third-order valence-corrected chi connectivity index (χ3v) is 1.68. The number of hydrogen-bond acceptors (Lipinski definition) is 3. The quantitative estimate of drug-likeness (QED) is 0.725. The number of Topliss-reactive ketones (excluding diaryl/α,β-unsaturated/α-hetero) is 1. The van der Waals surface area contributed by atoms with Crippen LogP contribution in [0, 0.1) is 0 Å². The number of hydrogen-bond donors (Lipinski definition) is 1. The van der Waals surface area contributed by atoms with Gasteiger partial charge in [-0.25, -0.2) is 0 Å². The van der Waals surface area contributed by atoms with Crippen molar-refractivity contribution in [1.29, 1.82) is 0 Å². The lowest BCUT2D eigenvalue weighted by Crippen LogP contribution is -2.23. The van der Waals surface area contributed by atoms with Gasteiger partial charge in [-0.1, -0.05) is 13.0 Å². The maximum Gasteiger partial charge on any atom is 0.152 e. The number of nitrogens with zero attached hydrogens (tertiary/aromatic N) is 1. The van der Waals surface area contributed by atoms with Crippen LogP contribution in [0.4, 0.5) is 0 Å². The van der Waals surface area contributed by atoms with Crippen LogP contribution in [0.25, 0.3) is 0 Å². The molecule has 1 rings (SSSR count). The van der Waals surface area contributed by atoms with Crippen molar-refractivity contribution in [3.8, 4) is 0 Å². The van der Waals surface area contributed by atoms with Crippen molar-refractivity contribution in [2.45, 2.75) is 13.3 Å². The highest BCUT2D eigenvalue weighted by Gasteiger charge is 2.02. The van der Waals surface area contributed by atoms with Crippen LogP contribution in [0.1, 0.15) is 12.6 Å². The summed E-state index contributed by atoms with van der Waals surface area (Å²) in [7, 11) is 0. The minimum Gasteiger partial charge on any atom is -0.310 e. The lowest BCUT2D eigenvalue weighted by atomic mass is 10.2. The first kappa shape index (κ1) is 9.86. The van der Waals surface area contributed by atoms with Crippen LogP contribution in [0.15, 0.2) is 24.4 Å². The SMILES string of the molecule is CCNCC(=O)Cc1ccccn1. The second-order valence-corrected chi connectivity index (χ2v) is 2.82. The summed E-state index contributed by atoms with van der Waals surface area (Å²) in [5, 5.41) is 2.99. The first-order valence-electron chi connectivity index (χ1n) is 4.45. The number of carbonyl (C=O) groups is 1. The summed E-state index contributed by atoms with van der Waals surface area (Å²) in [6.07, 6.45) is 2.13. The highest BCUT2D eigenvalue weighted by Crippen LogP contribution is 1.94. The van der Waals surface area contributed by atoms with E-state index in [0.717, 1.165) is 12.2 Å². The van der Waals surface area contributed by atoms with Crippen LogP contribution < -0.4 is 5.32 Å². The molecule has 0 bridgehead atoms. The fraction of sp³-hybridized carbons (Fsp3) is 0.400. The minimum absolute atomic E-state index is 0.181. The van der Waals surface area contributed by atoms with Gasteiger partial charge in [-0.05, 0) is 18.7 Å². The predicted octanol–water partition coefficient (Wildman–Crippen LogP) is 0.803. The standard InChI is InChI=1S/C10H14N2O/c1-2-11-8-10(13)7-9-5-3-4-6-12-9/h3-6,11H,2,7-8H2,1H3. The summed E-state index contributed by atoms with van der Waals surface area (Å²) in [5.41, 5.74) is 0.838. The minimum atomic E-state index is 0.181. The molecular formula is C10H14N2O. The smallest absolute Gasteiger partial charge is 0.152 e. The van der Waals surface area contributed by atoms with Crippen LogP contribution in [-0.2, 0) is 11.2 Å². The van der Waals surface area contributed by atoms with Gasteiger partial charge in [0, 0.05) is 11.9 Å². The maximum absolute atomic E-state index is 11.3. The normalized spacial score (nSPS) is 9.92. The van der Waals surface area contributed by atoms with Gasteiger partial charge >= 0.3 is 0 Å². The molecule has 0 aliphatic carbocycles. The molecule has 0 fully saturated rings. The first-order valence-corrected chi connectivity index (χ1v) is 4.45. The monoisotopic (exact) mass is 178 g/mol. The third-order valence-electron chi connectivity index (χ3n) is 1.68. The van der Waals surface area contributed by atoms with E-state index in [-0.39, 0.29) is 5.78 Å². The molecular weight excluding hydrogens is 164 g/mol. The van der Waals surface area contributed by atoms with Gasteiger partial charge in [0.25, 0.3) is 0 Å². The van der Waals surface area contributed by atoms with E-state index in [4.69, 9.17) is 0 Å². The summed E-state index contributed by atoms with van der Waals surface area (Å²) in [6.45, 7) is 3.25. The number of carbonyl (C=O) groups excluding carboxylic acids is 1. The summed E-state index contributed by atoms with van der Waals surface area (Å²) in [5.74, 6) is 0.181. The second kappa shape index (κ2) is 5.43. The lowest BCUT2D eigenvalue weighted by Gasteiger charge is -2.00. The Bertz CT molecular complexity index is 259. The molecule has 0 aliphatic rings. The number of rotatable bonds is 5. The Balaban J connectivity index is 2.37. The fourth-order valence-corrected chi connectivity index (χ4v) is 1.03. The van der Waals surface area contributed by atoms with Crippen LogP contribution in [-0.4, -0.2) is 23.9 Å².